The number of fused-ring (bicyclic) bond motifs is 1. The van der Waals surface area contributed by atoms with Crippen LogP contribution in [0.1, 0.15) is 25.7 Å². The molecule has 5 heteroatoms. The summed E-state index contributed by atoms with van der Waals surface area (Å²) in [6.45, 7) is 0.213. The molecule has 1 saturated heterocycles. The van der Waals surface area contributed by atoms with Crippen LogP contribution in [0.25, 0.3) is 0 Å². The monoisotopic (exact) mass is 288 g/mol. The second-order valence-electron chi connectivity index (χ2n) is 5.64. The van der Waals surface area contributed by atoms with E-state index in [0.29, 0.717) is 5.75 Å². The summed E-state index contributed by atoms with van der Waals surface area (Å²) in [6.07, 6.45) is 3.79. The normalized spacial score (nSPS) is 24.9. The van der Waals surface area contributed by atoms with Crippen molar-refractivity contribution in [1.82, 2.24) is 4.90 Å². The van der Waals surface area contributed by atoms with Crippen molar-refractivity contribution in [3.63, 3.8) is 0 Å². The molecule has 1 aliphatic heterocycles. The van der Waals surface area contributed by atoms with E-state index in [2.05, 4.69) is 5.32 Å². The first-order valence-electron chi connectivity index (χ1n) is 7.44. The molecule has 1 aromatic rings. The summed E-state index contributed by atoms with van der Waals surface area (Å²) in [7, 11) is 1.60. The standard InChI is InChI=1S/C16H20N2O3/c1-21-14-9-5-4-8-13(14)17-10-18-15(19)11-6-2-3-7-12(11)16(18)20/h4-5,8-9,11-12,17H,2-3,6-7,10H2,1H3/t11-,12-/m0/s1. The van der Waals surface area contributed by atoms with Crippen molar-refractivity contribution in [1.29, 1.82) is 0 Å². The van der Waals surface area contributed by atoms with Crippen LogP contribution in [-0.2, 0) is 9.59 Å². The molecule has 0 aromatic heterocycles. The van der Waals surface area contributed by atoms with Crippen molar-refractivity contribution in [2.24, 2.45) is 11.8 Å². The van der Waals surface area contributed by atoms with Gasteiger partial charge in [-0.05, 0) is 25.0 Å². The lowest BCUT2D eigenvalue weighted by molar-refractivity contribution is -0.139. The zero-order valence-corrected chi connectivity index (χ0v) is 12.2. The number of nitrogens with zero attached hydrogens (tertiary/aromatic N) is 1. The molecule has 1 N–H and O–H groups in total. The Morgan fingerprint density at radius 1 is 1.14 bits per heavy atom. The van der Waals surface area contributed by atoms with E-state index in [-0.39, 0.29) is 30.3 Å². The summed E-state index contributed by atoms with van der Waals surface area (Å²) in [5, 5.41) is 3.14. The van der Waals surface area contributed by atoms with Gasteiger partial charge in [0.2, 0.25) is 11.8 Å². The van der Waals surface area contributed by atoms with E-state index in [1.165, 1.54) is 4.90 Å². The Bertz CT molecular complexity index is 534. The maximum absolute atomic E-state index is 12.4. The maximum atomic E-state index is 12.4. The SMILES string of the molecule is COc1ccccc1NCN1C(=O)[C@H]2CCCC[C@@H]2C1=O. The number of rotatable bonds is 4. The minimum Gasteiger partial charge on any atom is -0.495 e. The number of imide groups is 1. The van der Waals surface area contributed by atoms with Gasteiger partial charge in [-0.1, -0.05) is 25.0 Å². The number of para-hydroxylation sites is 2. The van der Waals surface area contributed by atoms with Gasteiger partial charge in [0.05, 0.1) is 31.3 Å². The van der Waals surface area contributed by atoms with Gasteiger partial charge in [0, 0.05) is 0 Å². The molecule has 2 aliphatic rings. The van der Waals surface area contributed by atoms with Crippen molar-refractivity contribution in [3.8, 4) is 5.75 Å². The Morgan fingerprint density at radius 3 is 2.38 bits per heavy atom. The number of methoxy groups -OCH3 is 1. The number of carbonyl (C=O) groups is 2. The van der Waals surface area contributed by atoms with Gasteiger partial charge in [0.25, 0.3) is 0 Å². The van der Waals surface area contributed by atoms with Gasteiger partial charge in [-0.15, -0.1) is 0 Å². The average Bonchev–Trinajstić information content (AvgIpc) is 2.78. The van der Waals surface area contributed by atoms with Gasteiger partial charge in [-0.3, -0.25) is 14.5 Å². The molecule has 0 radical (unpaired) electrons. The largest absolute Gasteiger partial charge is 0.495 e. The Balaban J connectivity index is 1.70. The summed E-state index contributed by atoms with van der Waals surface area (Å²) in [5.41, 5.74) is 0.787. The van der Waals surface area contributed by atoms with E-state index in [1.807, 2.05) is 24.3 Å². The fraction of sp³-hybridized carbons (Fsp3) is 0.500. The van der Waals surface area contributed by atoms with Crippen LogP contribution in [0.5, 0.6) is 5.75 Å². The number of anilines is 1. The molecule has 21 heavy (non-hydrogen) atoms. The third-order valence-electron chi connectivity index (χ3n) is 4.47. The van der Waals surface area contributed by atoms with Crippen LogP contribution in [-0.4, -0.2) is 30.5 Å². The van der Waals surface area contributed by atoms with E-state index in [0.717, 1.165) is 31.4 Å². The molecule has 5 nitrogen and oxygen atoms in total. The quantitative estimate of drug-likeness (QED) is 0.863. The molecule has 112 valence electrons. The Kier molecular flexibility index (Phi) is 3.82. The lowest BCUT2D eigenvalue weighted by atomic mass is 9.81. The van der Waals surface area contributed by atoms with Crippen molar-refractivity contribution < 1.29 is 14.3 Å². The zero-order chi connectivity index (χ0) is 14.8. The molecule has 1 aromatic carbocycles. The molecular formula is C16H20N2O3. The van der Waals surface area contributed by atoms with E-state index in [1.54, 1.807) is 7.11 Å². The lowest BCUT2D eigenvalue weighted by Crippen LogP contribution is -2.35. The summed E-state index contributed by atoms with van der Waals surface area (Å²) in [4.78, 5) is 26.1. The van der Waals surface area contributed by atoms with E-state index >= 15 is 0 Å². The van der Waals surface area contributed by atoms with E-state index < -0.39 is 0 Å². The molecule has 3 rings (SSSR count). The molecule has 1 heterocycles. The molecule has 0 bridgehead atoms. The molecule has 0 spiro atoms. The topological polar surface area (TPSA) is 58.6 Å². The van der Waals surface area contributed by atoms with Gasteiger partial charge in [0.1, 0.15) is 5.75 Å². The summed E-state index contributed by atoms with van der Waals surface area (Å²) >= 11 is 0. The fourth-order valence-electron chi connectivity index (χ4n) is 3.34. The first kappa shape index (κ1) is 13.9. The third-order valence-corrected chi connectivity index (χ3v) is 4.47. The number of benzene rings is 1. The van der Waals surface area contributed by atoms with Crippen LogP contribution in [0, 0.1) is 11.8 Å². The number of nitrogens with one attached hydrogen (secondary N) is 1. The number of hydrogen-bond acceptors (Lipinski definition) is 4. The van der Waals surface area contributed by atoms with Crippen LogP contribution >= 0.6 is 0 Å². The molecule has 0 unspecified atom stereocenters. The van der Waals surface area contributed by atoms with Crippen LogP contribution in [0.3, 0.4) is 0 Å². The Labute approximate surface area is 124 Å². The van der Waals surface area contributed by atoms with Gasteiger partial charge < -0.3 is 10.1 Å². The van der Waals surface area contributed by atoms with Crippen LogP contribution in [0.2, 0.25) is 0 Å². The number of hydrogen-bond donors (Lipinski definition) is 1. The molecule has 2 amide bonds. The number of amides is 2. The molecule has 2 atom stereocenters. The van der Waals surface area contributed by atoms with Crippen molar-refractivity contribution in [3.05, 3.63) is 24.3 Å². The second-order valence-corrected chi connectivity index (χ2v) is 5.64. The van der Waals surface area contributed by atoms with Crippen molar-refractivity contribution in [2.75, 3.05) is 19.1 Å². The van der Waals surface area contributed by atoms with E-state index in [9.17, 15) is 9.59 Å². The highest BCUT2D eigenvalue weighted by atomic mass is 16.5. The fourth-order valence-corrected chi connectivity index (χ4v) is 3.34. The highest BCUT2D eigenvalue weighted by Crippen LogP contribution is 2.38. The summed E-state index contributed by atoms with van der Waals surface area (Å²) in [6, 6.07) is 7.48. The smallest absolute Gasteiger partial charge is 0.234 e. The molecule has 2 fully saturated rings. The maximum Gasteiger partial charge on any atom is 0.234 e. The summed E-state index contributed by atoms with van der Waals surface area (Å²) < 4.78 is 5.26. The minimum atomic E-state index is -0.0919. The first-order chi connectivity index (χ1) is 10.2. The predicted molar refractivity (Wildman–Crippen MR) is 78.8 cm³/mol. The van der Waals surface area contributed by atoms with Crippen LogP contribution in [0.4, 0.5) is 5.69 Å². The number of carbonyl (C=O) groups excluding carboxylic acids is 2. The average molecular weight is 288 g/mol. The zero-order valence-electron chi connectivity index (χ0n) is 12.2. The van der Waals surface area contributed by atoms with Gasteiger partial charge in [0.15, 0.2) is 0 Å². The predicted octanol–water partition coefficient (Wildman–Crippen LogP) is 2.24. The highest BCUT2D eigenvalue weighted by Gasteiger charge is 2.47. The third kappa shape index (κ3) is 2.48. The summed E-state index contributed by atoms with van der Waals surface area (Å²) in [5.74, 6) is 0.477. The number of ether oxygens (including phenoxy) is 1. The molecular weight excluding hydrogens is 268 g/mol. The Hall–Kier alpha value is -2.04. The second kappa shape index (κ2) is 5.76. The molecule has 1 saturated carbocycles. The van der Waals surface area contributed by atoms with Gasteiger partial charge >= 0.3 is 0 Å². The van der Waals surface area contributed by atoms with Crippen LogP contribution in [0.15, 0.2) is 24.3 Å². The lowest BCUT2D eigenvalue weighted by Gasteiger charge is -2.19. The van der Waals surface area contributed by atoms with Crippen molar-refractivity contribution >= 4 is 17.5 Å². The van der Waals surface area contributed by atoms with Gasteiger partial charge in [-0.2, -0.15) is 0 Å². The first-order valence-corrected chi connectivity index (χ1v) is 7.44. The minimum absolute atomic E-state index is 0.0212. The van der Waals surface area contributed by atoms with E-state index in [4.69, 9.17) is 4.74 Å². The Morgan fingerprint density at radius 2 is 1.76 bits per heavy atom. The molecule has 1 aliphatic carbocycles. The number of likely N-dealkylation sites (tertiary alicyclic amines) is 1. The van der Waals surface area contributed by atoms with Gasteiger partial charge in [-0.25, -0.2) is 0 Å². The highest BCUT2D eigenvalue weighted by molar-refractivity contribution is 6.05. The van der Waals surface area contributed by atoms with Crippen LogP contribution < -0.4 is 10.1 Å². The van der Waals surface area contributed by atoms with Crippen molar-refractivity contribution in [2.45, 2.75) is 25.7 Å².